The summed E-state index contributed by atoms with van der Waals surface area (Å²) >= 11 is 0. The molecule has 2 aliphatic heterocycles. The van der Waals surface area contributed by atoms with Gasteiger partial charge in [-0.05, 0) is 31.1 Å². The quantitative estimate of drug-likeness (QED) is 0.848. The molecule has 2 aliphatic rings. The number of carbonyl (C=O) groups is 2. The van der Waals surface area contributed by atoms with Crippen LogP contribution in [0.2, 0.25) is 0 Å². The molecule has 2 fully saturated rings. The Balaban J connectivity index is 2.12. The van der Waals surface area contributed by atoms with Crippen LogP contribution in [0.5, 0.6) is 0 Å². The molecular weight excluding hydrogens is 268 g/mol. The summed E-state index contributed by atoms with van der Waals surface area (Å²) in [7, 11) is 0. The van der Waals surface area contributed by atoms with Crippen LogP contribution in [0, 0.1) is 17.8 Å². The fraction of sp³-hybridized carbons (Fsp3) is 0.875. The second-order valence-corrected chi connectivity index (χ2v) is 7.36. The van der Waals surface area contributed by atoms with E-state index in [-0.39, 0.29) is 24.0 Å². The predicted octanol–water partition coefficient (Wildman–Crippen LogP) is 2.66. The minimum Gasteiger partial charge on any atom is -0.481 e. The monoisotopic (exact) mass is 296 g/mol. The van der Waals surface area contributed by atoms with Crippen molar-refractivity contribution in [2.24, 2.45) is 17.8 Å². The maximum absolute atomic E-state index is 12.9. The number of carbonyl (C=O) groups excluding carboxylic acids is 1. The number of urea groups is 1. The Bertz CT molecular complexity index is 398. The first-order valence-corrected chi connectivity index (χ1v) is 8.11. The minimum absolute atomic E-state index is 0.0497. The summed E-state index contributed by atoms with van der Waals surface area (Å²) in [5.41, 5.74) is 0. The average Bonchev–Trinajstić information content (AvgIpc) is 2.93. The lowest BCUT2D eigenvalue weighted by atomic mass is 9.89. The summed E-state index contributed by atoms with van der Waals surface area (Å²) in [5, 5.41) is 9.31. The third-order valence-corrected chi connectivity index (χ3v) is 4.52. The Morgan fingerprint density at radius 2 is 1.71 bits per heavy atom. The molecule has 0 radical (unpaired) electrons. The van der Waals surface area contributed by atoms with Crippen molar-refractivity contribution in [3.63, 3.8) is 0 Å². The fourth-order valence-corrected chi connectivity index (χ4v) is 3.83. The van der Waals surface area contributed by atoms with Gasteiger partial charge in [0, 0.05) is 25.2 Å². The lowest BCUT2D eigenvalue weighted by Gasteiger charge is -2.33. The summed E-state index contributed by atoms with van der Waals surface area (Å²) in [5.74, 6) is -0.279. The lowest BCUT2D eigenvalue weighted by Crippen LogP contribution is -2.48. The van der Waals surface area contributed by atoms with Gasteiger partial charge >= 0.3 is 12.0 Å². The molecule has 0 aromatic heterocycles. The molecule has 0 aromatic rings. The third-order valence-electron chi connectivity index (χ3n) is 4.52. The molecule has 2 rings (SSSR count). The van der Waals surface area contributed by atoms with Crippen LogP contribution >= 0.6 is 0 Å². The number of carboxylic acids is 1. The topological polar surface area (TPSA) is 60.9 Å². The van der Waals surface area contributed by atoms with Crippen LogP contribution in [0.25, 0.3) is 0 Å². The van der Waals surface area contributed by atoms with Crippen LogP contribution in [-0.4, -0.2) is 52.1 Å². The number of fused-ring (bicyclic) bond motifs is 2. The van der Waals surface area contributed by atoms with Crippen molar-refractivity contribution in [2.75, 3.05) is 13.1 Å². The summed E-state index contributed by atoms with van der Waals surface area (Å²) in [6, 6.07) is 0.0842. The van der Waals surface area contributed by atoms with Gasteiger partial charge in [0.25, 0.3) is 0 Å². The summed E-state index contributed by atoms with van der Waals surface area (Å²) in [6.07, 6.45) is 2.42. The first kappa shape index (κ1) is 16.1. The number of carboxylic acid groups (broad SMARTS) is 1. The summed E-state index contributed by atoms with van der Waals surface area (Å²) in [4.78, 5) is 28.0. The fourth-order valence-electron chi connectivity index (χ4n) is 3.83. The Morgan fingerprint density at radius 1 is 1.14 bits per heavy atom. The molecule has 0 spiro atoms. The zero-order valence-corrected chi connectivity index (χ0v) is 13.6. The van der Waals surface area contributed by atoms with Crippen LogP contribution in [0.3, 0.4) is 0 Å². The number of hydrogen-bond donors (Lipinski definition) is 1. The van der Waals surface area contributed by atoms with Crippen molar-refractivity contribution < 1.29 is 14.7 Å². The van der Waals surface area contributed by atoms with E-state index in [9.17, 15) is 14.7 Å². The maximum atomic E-state index is 12.9. The highest BCUT2D eigenvalue weighted by molar-refractivity contribution is 5.79. The van der Waals surface area contributed by atoms with E-state index in [0.717, 1.165) is 25.9 Å². The Morgan fingerprint density at radius 3 is 2.14 bits per heavy atom. The zero-order valence-electron chi connectivity index (χ0n) is 13.6. The van der Waals surface area contributed by atoms with Crippen LogP contribution in [0.1, 0.15) is 47.0 Å². The van der Waals surface area contributed by atoms with E-state index in [2.05, 4.69) is 27.7 Å². The van der Waals surface area contributed by atoms with Crippen molar-refractivity contribution in [1.82, 2.24) is 9.80 Å². The van der Waals surface area contributed by atoms with Crippen LogP contribution < -0.4 is 0 Å². The third kappa shape index (κ3) is 3.33. The van der Waals surface area contributed by atoms with Gasteiger partial charge in [-0.25, -0.2) is 4.79 Å². The van der Waals surface area contributed by atoms with Crippen molar-refractivity contribution in [1.29, 1.82) is 0 Å². The molecule has 3 unspecified atom stereocenters. The van der Waals surface area contributed by atoms with E-state index in [1.165, 1.54) is 0 Å². The van der Waals surface area contributed by atoms with Gasteiger partial charge in [0.05, 0.1) is 5.92 Å². The van der Waals surface area contributed by atoms with E-state index >= 15 is 0 Å². The predicted molar refractivity (Wildman–Crippen MR) is 81.0 cm³/mol. The number of rotatable bonds is 5. The van der Waals surface area contributed by atoms with Crippen molar-refractivity contribution in [3.05, 3.63) is 0 Å². The van der Waals surface area contributed by atoms with Gasteiger partial charge in [0.1, 0.15) is 0 Å². The number of aliphatic carboxylic acids is 1. The van der Waals surface area contributed by atoms with Gasteiger partial charge in [-0.15, -0.1) is 0 Å². The first-order valence-electron chi connectivity index (χ1n) is 8.11. The van der Waals surface area contributed by atoms with Crippen molar-refractivity contribution in [2.45, 2.75) is 59.0 Å². The largest absolute Gasteiger partial charge is 0.481 e. The highest BCUT2D eigenvalue weighted by atomic mass is 16.4. The molecule has 3 atom stereocenters. The SMILES string of the molecule is CC(C)CN(CC(C)C)C(=O)N1C2CCC1C(C(=O)O)C2. The Kier molecular flexibility index (Phi) is 4.79. The molecule has 5 heteroatoms. The number of hydrogen-bond acceptors (Lipinski definition) is 2. The second kappa shape index (κ2) is 6.24. The molecular formula is C16H28N2O3. The van der Waals surface area contributed by atoms with Gasteiger partial charge in [-0.1, -0.05) is 27.7 Å². The highest BCUT2D eigenvalue weighted by Gasteiger charge is 2.52. The molecule has 0 aliphatic carbocycles. The average molecular weight is 296 g/mol. The summed E-state index contributed by atoms with van der Waals surface area (Å²) in [6.45, 7) is 9.92. The molecule has 0 aromatic carbocycles. The number of nitrogens with zero attached hydrogens (tertiary/aromatic N) is 2. The van der Waals surface area contributed by atoms with Gasteiger partial charge in [0.15, 0.2) is 0 Å². The van der Waals surface area contributed by atoms with E-state index in [4.69, 9.17) is 0 Å². The highest BCUT2D eigenvalue weighted by Crippen LogP contribution is 2.42. The Labute approximate surface area is 127 Å². The van der Waals surface area contributed by atoms with Crippen molar-refractivity contribution >= 4 is 12.0 Å². The van der Waals surface area contributed by atoms with Gasteiger partial charge in [-0.2, -0.15) is 0 Å². The van der Waals surface area contributed by atoms with Gasteiger partial charge in [-0.3, -0.25) is 4.79 Å². The summed E-state index contributed by atoms with van der Waals surface area (Å²) < 4.78 is 0. The lowest BCUT2D eigenvalue weighted by molar-refractivity contribution is -0.142. The zero-order chi connectivity index (χ0) is 15.7. The Hall–Kier alpha value is -1.26. The van der Waals surface area contributed by atoms with Gasteiger partial charge < -0.3 is 14.9 Å². The van der Waals surface area contributed by atoms with E-state index in [1.54, 1.807) is 0 Å². The molecule has 2 heterocycles. The van der Waals surface area contributed by atoms with E-state index < -0.39 is 5.97 Å². The van der Waals surface area contributed by atoms with Crippen LogP contribution in [0.4, 0.5) is 4.79 Å². The molecule has 1 N–H and O–H groups in total. The smallest absolute Gasteiger partial charge is 0.320 e. The van der Waals surface area contributed by atoms with Crippen LogP contribution in [-0.2, 0) is 4.79 Å². The number of amides is 2. The minimum atomic E-state index is -0.751. The van der Waals surface area contributed by atoms with E-state index in [1.807, 2.05) is 9.80 Å². The second-order valence-electron chi connectivity index (χ2n) is 7.36. The van der Waals surface area contributed by atoms with Crippen molar-refractivity contribution in [3.8, 4) is 0 Å². The standard InChI is InChI=1S/C16H28N2O3/c1-10(2)8-17(9-11(3)4)16(21)18-12-5-6-14(18)13(7-12)15(19)20/h10-14H,5-9H2,1-4H3,(H,19,20). The molecule has 21 heavy (non-hydrogen) atoms. The molecule has 2 amide bonds. The maximum Gasteiger partial charge on any atom is 0.320 e. The normalized spacial score (nSPS) is 27.7. The molecule has 5 nitrogen and oxygen atoms in total. The first-order chi connectivity index (χ1) is 9.81. The molecule has 0 saturated carbocycles. The van der Waals surface area contributed by atoms with E-state index in [0.29, 0.717) is 18.3 Å². The van der Waals surface area contributed by atoms with Crippen LogP contribution in [0.15, 0.2) is 0 Å². The van der Waals surface area contributed by atoms with Gasteiger partial charge in [0.2, 0.25) is 0 Å². The molecule has 120 valence electrons. The molecule has 2 saturated heterocycles. The molecule has 2 bridgehead atoms.